The van der Waals surface area contributed by atoms with Crippen molar-refractivity contribution < 1.29 is 20.1 Å². The molecule has 0 aliphatic heterocycles. The van der Waals surface area contributed by atoms with Crippen LogP contribution in [0.25, 0.3) is 0 Å². The van der Waals surface area contributed by atoms with Gasteiger partial charge in [0.05, 0.1) is 0 Å². The molecular formula is C27H38O4. The Bertz CT molecular complexity index is 865. The molecule has 4 nitrogen and oxygen atoms in total. The van der Waals surface area contributed by atoms with Gasteiger partial charge in [-0.2, -0.15) is 0 Å². The summed E-state index contributed by atoms with van der Waals surface area (Å²) in [5, 5.41) is 29.2. The smallest absolute Gasteiger partial charge is 0.331 e. The van der Waals surface area contributed by atoms with E-state index in [4.69, 9.17) is 0 Å². The Labute approximate surface area is 187 Å². The standard InChI is InChI=1S/C27H38O4/c1-19(2)9-6-13-23(27(30)31)14-8-12-20(3)10-7-11-21(4)15-16-24-18-25(28)17-22(5)26(24)29/h9-10,14-15,17-18,28-29H,6-8,11-13,16H2,1-5H3,(H,30,31)/b20-10+,21-15+,23-14-. The average Bonchev–Trinajstić information content (AvgIpc) is 2.68. The first-order valence-corrected chi connectivity index (χ1v) is 11.0. The zero-order valence-corrected chi connectivity index (χ0v) is 19.7. The number of hydrogen-bond acceptors (Lipinski definition) is 3. The van der Waals surface area contributed by atoms with Crippen LogP contribution >= 0.6 is 0 Å². The molecular weight excluding hydrogens is 388 g/mol. The van der Waals surface area contributed by atoms with E-state index in [0.29, 0.717) is 24.0 Å². The molecule has 0 amide bonds. The minimum atomic E-state index is -0.822. The topological polar surface area (TPSA) is 77.8 Å². The molecule has 0 bridgehead atoms. The summed E-state index contributed by atoms with van der Waals surface area (Å²) in [6.45, 7) is 9.98. The minimum absolute atomic E-state index is 0.173. The fourth-order valence-corrected chi connectivity index (χ4v) is 3.31. The van der Waals surface area contributed by atoms with E-state index >= 15 is 0 Å². The van der Waals surface area contributed by atoms with E-state index in [1.54, 1.807) is 19.1 Å². The number of carboxylic acid groups (broad SMARTS) is 1. The Morgan fingerprint density at radius 2 is 1.42 bits per heavy atom. The van der Waals surface area contributed by atoms with Crippen molar-refractivity contribution in [1.82, 2.24) is 0 Å². The normalized spacial score (nSPS) is 12.7. The van der Waals surface area contributed by atoms with Crippen LogP contribution in [0.15, 0.2) is 58.7 Å². The average molecular weight is 427 g/mol. The van der Waals surface area contributed by atoms with E-state index in [1.807, 2.05) is 19.9 Å². The van der Waals surface area contributed by atoms with E-state index in [9.17, 15) is 20.1 Å². The van der Waals surface area contributed by atoms with Gasteiger partial charge in [-0.15, -0.1) is 0 Å². The van der Waals surface area contributed by atoms with Gasteiger partial charge >= 0.3 is 5.97 Å². The molecule has 4 heteroatoms. The van der Waals surface area contributed by atoms with Crippen molar-refractivity contribution >= 4 is 5.97 Å². The SMILES string of the molecule is CC(C)=CCC/C(=C/CC/C(C)=C/CC/C(C)=C/Cc1cc(O)cc(C)c1O)C(=O)O. The second kappa shape index (κ2) is 13.5. The van der Waals surface area contributed by atoms with Crippen LogP contribution in [0, 0.1) is 6.92 Å². The van der Waals surface area contributed by atoms with E-state index in [0.717, 1.165) is 37.7 Å². The van der Waals surface area contributed by atoms with Gasteiger partial charge in [0.1, 0.15) is 11.5 Å². The lowest BCUT2D eigenvalue weighted by Crippen LogP contribution is -2.00. The maximum Gasteiger partial charge on any atom is 0.331 e. The number of aliphatic carboxylic acids is 1. The van der Waals surface area contributed by atoms with Gasteiger partial charge < -0.3 is 15.3 Å². The number of rotatable bonds is 12. The second-order valence-corrected chi connectivity index (χ2v) is 8.51. The van der Waals surface area contributed by atoms with Gasteiger partial charge in [0.2, 0.25) is 0 Å². The summed E-state index contributed by atoms with van der Waals surface area (Å²) in [5.74, 6) is -0.406. The van der Waals surface area contributed by atoms with Crippen LogP contribution in [-0.4, -0.2) is 21.3 Å². The number of hydrogen-bond donors (Lipinski definition) is 3. The molecule has 3 N–H and O–H groups in total. The predicted molar refractivity (Wildman–Crippen MR) is 129 cm³/mol. The summed E-state index contributed by atoms with van der Waals surface area (Å²) in [6.07, 6.45) is 13.6. The number of carboxylic acids is 1. The van der Waals surface area contributed by atoms with Crippen molar-refractivity contribution in [1.29, 1.82) is 0 Å². The van der Waals surface area contributed by atoms with Gasteiger partial charge in [0.15, 0.2) is 0 Å². The fourth-order valence-electron chi connectivity index (χ4n) is 3.31. The Kier molecular flexibility index (Phi) is 11.5. The summed E-state index contributed by atoms with van der Waals surface area (Å²) in [5.41, 5.74) is 5.61. The molecule has 31 heavy (non-hydrogen) atoms. The number of carbonyl (C=O) groups is 1. The van der Waals surface area contributed by atoms with Crippen LogP contribution in [0.2, 0.25) is 0 Å². The van der Waals surface area contributed by atoms with E-state index in [1.165, 1.54) is 16.7 Å². The quantitative estimate of drug-likeness (QED) is 0.188. The number of allylic oxidation sites excluding steroid dienone is 7. The summed E-state index contributed by atoms with van der Waals surface area (Å²) in [7, 11) is 0. The molecule has 1 rings (SSSR count). The largest absolute Gasteiger partial charge is 0.508 e. The Morgan fingerprint density at radius 3 is 2.03 bits per heavy atom. The third kappa shape index (κ3) is 10.7. The molecule has 0 atom stereocenters. The molecule has 0 aliphatic carbocycles. The van der Waals surface area contributed by atoms with Crippen LogP contribution in [0.1, 0.15) is 77.3 Å². The van der Waals surface area contributed by atoms with Crippen LogP contribution in [0.4, 0.5) is 0 Å². The van der Waals surface area contributed by atoms with Crippen LogP contribution < -0.4 is 0 Å². The lowest BCUT2D eigenvalue weighted by atomic mass is 10.0. The molecule has 1 aromatic rings. The molecule has 0 radical (unpaired) electrons. The van der Waals surface area contributed by atoms with E-state index in [2.05, 4.69) is 32.1 Å². The van der Waals surface area contributed by atoms with Crippen LogP contribution in [0.3, 0.4) is 0 Å². The molecule has 0 saturated heterocycles. The zero-order chi connectivity index (χ0) is 23.4. The van der Waals surface area contributed by atoms with Crippen molar-refractivity contribution in [3.05, 3.63) is 69.9 Å². The minimum Gasteiger partial charge on any atom is -0.508 e. The first-order valence-electron chi connectivity index (χ1n) is 11.0. The Balaban J connectivity index is 2.50. The second-order valence-electron chi connectivity index (χ2n) is 8.51. The van der Waals surface area contributed by atoms with Gasteiger partial charge in [0.25, 0.3) is 0 Å². The van der Waals surface area contributed by atoms with Crippen molar-refractivity contribution in [2.24, 2.45) is 0 Å². The van der Waals surface area contributed by atoms with Gasteiger partial charge in [-0.3, -0.25) is 0 Å². The van der Waals surface area contributed by atoms with Gasteiger partial charge in [-0.1, -0.05) is 41.0 Å². The third-order valence-corrected chi connectivity index (χ3v) is 5.24. The summed E-state index contributed by atoms with van der Waals surface area (Å²) in [4.78, 5) is 11.4. The van der Waals surface area contributed by atoms with Crippen LogP contribution in [0.5, 0.6) is 11.5 Å². The molecule has 0 fully saturated rings. The van der Waals surface area contributed by atoms with Gasteiger partial charge in [0, 0.05) is 11.1 Å². The molecule has 1 aromatic carbocycles. The summed E-state index contributed by atoms with van der Waals surface area (Å²) < 4.78 is 0. The molecule has 0 aliphatic rings. The number of benzene rings is 1. The van der Waals surface area contributed by atoms with E-state index < -0.39 is 5.97 Å². The van der Waals surface area contributed by atoms with Crippen molar-refractivity contribution in [2.45, 2.75) is 79.6 Å². The van der Waals surface area contributed by atoms with Crippen molar-refractivity contribution in [3.8, 4) is 11.5 Å². The first-order chi connectivity index (χ1) is 14.6. The summed E-state index contributed by atoms with van der Waals surface area (Å²) >= 11 is 0. The fraction of sp³-hybridized carbons (Fsp3) is 0.444. The van der Waals surface area contributed by atoms with Gasteiger partial charge in [-0.25, -0.2) is 4.79 Å². The summed E-state index contributed by atoms with van der Waals surface area (Å²) in [6, 6.07) is 3.16. The Morgan fingerprint density at radius 1 is 0.839 bits per heavy atom. The molecule has 0 unspecified atom stereocenters. The molecule has 0 spiro atoms. The monoisotopic (exact) mass is 426 g/mol. The van der Waals surface area contributed by atoms with Crippen molar-refractivity contribution in [2.75, 3.05) is 0 Å². The number of aromatic hydroxyl groups is 2. The predicted octanol–water partition coefficient (Wildman–Crippen LogP) is 7.16. The number of aryl methyl sites for hydroxylation is 1. The van der Waals surface area contributed by atoms with E-state index in [-0.39, 0.29) is 11.5 Å². The number of phenolic OH excluding ortho intramolecular Hbond substituents is 2. The molecule has 0 heterocycles. The first kappa shape index (κ1) is 26.3. The highest BCUT2D eigenvalue weighted by molar-refractivity contribution is 5.86. The van der Waals surface area contributed by atoms with Crippen LogP contribution in [-0.2, 0) is 11.2 Å². The number of phenols is 2. The maximum atomic E-state index is 11.4. The highest BCUT2D eigenvalue weighted by Gasteiger charge is 2.06. The lowest BCUT2D eigenvalue weighted by Gasteiger charge is -2.07. The highest BCUT2D eigenvalue weighted by Crippen LogP contribution is 2.28. The molecule has 0 saturated carbocycles. The highest BCUT2D eigenvalue weighted by atomic mass is 16.4. The maximum absolute atomic E-state index is 11.4. The molecule has 170 valence electrons. The lowest BCUT2D eigenvalue weighted by molar-refractivity contribution is -0.132. The Hall–Kier alpha value is -2.75. The van der Waals surface area contributed by atoms with Gasteiger partial charge in [-0.05, 0) is 97.3 Å². The molecule has 0 aromatic heterocycles. The van der Waals surface area contributed by atoms with Crippen molar-refractivity contribution in [3.63, 3.8) is 0 Å². The zero-order valence-electron chi connectivity index (χ0n) is 19.7. The third-order valence-electron chi connectivity index (χ3n) is 5.24.